The van der Waals surface area contributed by atoms with Crippen molar-refractivity contribution in [1.29, 1.82) is 0 Å². The van der Waals surface area contributed by atoms with Crippen molar-refractivity contribution >= 4 is 0 Å². The van der Waals surface area contributed by atoms with E-state index in [1.54, 1.807) is 29.9 Å². The third kappa shape index (κ3) is 1.98. The molecule has 0 radical (unpaired) electrons. The Hall–Kier alpha value is -1.84. The molecule has 1 aromatic carbocycles. The molecule has 0 aliphatic carbocycles. The van der Waals surface area contributed by atoms with Gasteiger partial charge in [0.25, 0.3) is 0 Å². The van der Waals surface area contributed by atoms with Crippen LogP contribution in [0.15, 0.2) is 36.5 Å². The number of ether oxygens (including phenoxy) is 1. The first-order valence-corrected chi connectivity index (χ1v) is 4.41. The van der Waals surface area contributed by atoms with Gasteiger partial charge >= 0.3 is 0 Å². The van der Waals surface area contributed by atoms with Crippen LogP contribution in [-0.4, -0.2) is 4.57 Å². The second kappa shape index (κ2) is 3.73. The number of nitrogens with zero attached hydrogens (tertiary/aromatic N) is 1. The molecule has 0 aliphatic heterocycles. The third-order valence-corrected chi connectivity index (χ3v) is 2.01. The minimum atomic E-state index is -0.915. The summed E-state index contributed by atoms with van der Waals surface area (Å²) in [5.41, 5.74) is 0. The molecule has 0 saturated heterocycles. The predicted molar refractivity (Wildman–Crippen MR) is 51.8 cm³/mol. The Bertz CT molecular complexity index is 479. The van der Waals surface area contributed by atoms with Gasteiger partial charge in [0.05, 0.1) is 0 Å². The molecule has 2 nitrogen and oxygen atoms in total. The van der Waals surface area contributed by atoms with Crippen molar-refractivity contribution in [2.45, 2.75) is 0 Å². The maximum absolute atomic E-state index is 12.8. The summed E-state index contributed by atoms with van der Waals surface area (Å²) in [4.78, 5) is 0. The van der Waals surface area contributed by atoms with Crippen molar-refractivity contribution in [1.82, 2.24) is 4.57 Å². The summed E-state index contributed by atoms with van der Waals surface area (Å²) in [6.45, 7) is 0. The lowest BCUT2D eigenvalue weighted by atomic mass is 10.3. The van der Waals surface area contributed by atoms with Gasteiger partial charge in [-0.1, -0.05) is 0 Å². The van der Waals surface area contributed by atoms with Crippen molar-refractivity contribution in [3.63, 3.8) is 0 Å². The Labute approximate surface area is 85.7 Å². The van der Waals surface area contributed by atoms with Crippen LogP contribution in [0.5, 0.6) is 11.6 Å². The fourth-order valence-electron chi connectivity index (χ4n) is 1.21. The first-order valence-electron chi connectivity index (χ1n) is 4.41. The molecule has 1 heterocycles. The summed E-state index contributed by atoms with van der Waals surface area (Å²) >= 11 is 0. The van der Waals surface area contributed by atoms with Gasteiger partial charge < -0.3 is 9.30 Å². The monoisotopic (exact) mass is 209 g/mol. The van der Waals surface area contributed by atoms with E-state index in [1.165, 1.54) is 6.07 Å². The van der Waals surface area contributed by atoms with Gasteiger partial charge in [-0.2, -0.15) is 0 Å². The van der Waals surface area contributed by atoms with Crippen molar-refractivity contribution in [3.05, 3.63) is 48.2 Å². The minimum absolute atomic E-state index is 0.274. The number of rotatable bonds is 2. The summed E-state index contributed by atoms with van der Waals surface area (Å²) in [7, 11) is 1.80. The van der Waals surface area contributed by atoms with E-state index in [2.05, 4.69) is 0 Å². The van der Waals surface area contributed by atoms with Crippen LogP contribution in [0.25, 0.3) is 0 Å². The average Bonchev–Trinajstić information content (AvgIpc) is 2.59. The molecular formula is C11H9F2NO. The maximum atomic E-state index is 12.8. The van der Waals surface area contributed by atoms with Gasteiger partial charge in [0.2, 0.25) is 0 Å². The molecular weight excluding hydrogens is 200 g/mol. The molecule has 0 bridgehead atoms. The highest BCUT2D eigenvalue weighted by molar-refractivity contribution is 5.28. The number of aromatic nitrogens is 1. The SMILES string of the molecule is Cn1cccc1Oc1ccc(F)c(F)c1. The molecule has 2 aromatic rings. The van der Waals surface area contributed by atoms with Gasteiger partial charge in [0, 0.05) is 25.4 Å². The molecule has 0 amide bonds. The second-order valence-electron chi connectivity index (χ2n) is 3.14. The summed E-state index contributed by atoms with van der Waals surface area (Å²) in [5, 5.41) is 0. The normalized spacial score (nSPS) is 10.3. The highest BCUT2D eigenvalue weighted by atomic mass is 19.2. The Balaban J connectivity index is 2.25. The van der Waals surface area contributed by atoms with Crippen LogP contribution in [0.1, 0.15) is 0 Å². The first-order chi connectivity index (χ1) is 7.16. The van der Waals surface area contributed by atoms with Gasteiger partial charge in [0.15, 0.2) is 17.5 Å². The Morgan fingerprint density at radius 3 is 2.53 bits per heavy atom. The van der Waals surface area contributed by atoms with Crippen LogP contribution < -0.4 is 4.74 Å². The zero-order chi connectivity index (χ0) is 10.8. The summed E-state index contributed by atoms with van der Waals surface area (Å²) in [5.74, 6) is -0.951. The van der Waals surface area contributed by atoms with E-state index >= 15 is 0 Å². The summed E-state index contributed by atoms with van der Waals surface area (Å²) in [6, 6.07) is 6.97. The highest BCUT2D eigenvalue weighted by Crippen LogP contribution is 2.22. The zero-order valence-electron chi connectivity index (χ0n) is 8.08. The van der Waals surface area contributed by atoms with Crippen molar-refractivity contribution in [3.8, 4) is 11.6 Å². The average molecular weight is 209 g/mol. The fourth-order valence-corrected chi connectivity index (χ4v) is 1.21. The van der Waals surface area contributed by atoms with Crippen LogP contribution in [0.4, 0.5) is 8.78 Å². The van der Waals surface area contributed by atoms with Crippen molar-refractivity contribution in [2.75, 3.05) is 0 Å². The quantitative estimate of drug-likeness (QED) is 0.741. The lowest BCUT2D eigenvalue weighted by molar-refractivity contribution is 0.432. The largest absolute Gasteiger partial charge is 0.441 e. The van der Waals surface area contributed by atoms with E-state index in [0.29, 0.717) is 5.88 Å². The lowest BCUT2D eigenvalue weighted by Gasteiger charge is -2.06. The van der Waals surface area contributed by atoms with E-state index < -0.39 is 11.6 Å². The third-order valence-electron chi connectivity index (χ3n) is 2.01. The van der Waals surface area contributed by atoms with Crippen LogP contribution in [-0.2, 0) is 7.05 Å². The fraction of sp³-hybridized carbons (Fsp3) is 0.0909. The predicted octanol–water partition coefficient (Wildman–Crippen LogP) is 3.10. The van der Waals surface area contributed by atoms with Crippen LogP contribution >= 0.6 is 0 Å². The maximum Gasteiger partial charge on any atom is 0.199 e. The number of hydrogen-bond donors (Lipinski definition) is 0. The zero-order valence-corrected chi connectivity index (χ0v) is 8.08. The minimum Gasteiger partial charge on any atom is -0.441 e. The molecule has 0 saturated carbocycles. The highest BCUT2D eigenvalue weighted by Gasteiger charge is 2.05. The van der Waals surface area contributed by atoms with E-state index in [4.69, 9.17) is 4.74 Å². The van der Waals surface area contributed by atoms with Gasteiger partial charge in [-0.15, -0.1) is 0 Å². The summed E-state index contributed by atoms with van der Waals surface area (Å²) < 4.78 is 32.5. The molecule has 78 valence electrons. The van der Waals surface area contributed by atoms with Crippen LogP contribution in [0, 0.1) is 11.6 Å². The molecule has 0 N–H and O–H groups in total. The molecule has 0 aliphatic rings. The molecule has 0 atom stereocenters. The smallest absolute Gasteiger partial charge is 0.199 e. The molecule has 15 heavy (non-hydrogen) atoms. The second-order valence-corrected chi connectivity index (χ2v) is 3.14. The van der Waals surface area contributed by atoms with E-state index in [1.807, 2.05) is 0 Å². The molecule has 4 heteroatoms. The number of hydrogen-bond acceptors (Lipinski definition) is 1. The number of halogens is 2. The van der Waals surface area contributed by atoms with E-state index in [-0.39, 0.29) is 5.75 Å². The molecule has 1 aromatic heterocycles. The first kappa shape index (κ1) is 9.71. The van der Waals surface area contributed by atoms with E-state index in [9.17, 15) is 8.78 Å². The molecule has 0 fully saturated rings. The molecule has 0 unspecified atom stereocenters. The van der Waals surface area contributed by atoms with Gasteiger partial charge in [-0.05, 0) is 18.2 Å². The van der Waals surface area contributed by atoms with Crippen LogP contribution in [0.2, 0.25) is 0 Å². The van der Waals surface area contributed by atoms with Gasteiger partial charge in [0.1, 0.15) is 5.75 Å². The van der Waals surface area contributed by atoms with E-state index in [0.717, 1.165) is 12.1 Å². The molecule has 2 rings (SSSR count). The van der Waals surface area contributed by atoms with Gasteiger partial charge in [-0.25, -0.2) is 8.78 Å². The standard InChI is InChI=1S/C11H9F2NO/c1-14-6-2-3-11(14)15-8-4-5-9(12)10(13)7-8/h2-7H,1H3. The topological polar surface area (TPSA) is 14.2 Å². The molecule has 0 spiro atoms. The van der Waals surface area contributed by atoms with Crippen LogP contribution in [0.3, 0.4) is 0 Å². The Morgan fingerprint density at radius 2 is 1.93 bits per heavy atom. The number of benzene rings is 1. The van der Waals surface area contributed by atoms with Crippen molar-refractivity contribution < 1.29 is 13.5 Å². The van der Waals surface area contributed by atoms with Crippen molar-refractivity contribution in [2.24, 2.45) is 7.05 Å². The number of aryl methyl sites for hydroxylation is 1. The Kier molecular flexibility index (Phi) is 2.41. The van der Waals surface area contributed by atoms with Gasteiger partial charge in [-0.3, -0.25) is 0 Å². The summed E-state index contributed by atoms with van der Waals surface area (Å²) in [6.07, 6.45) is 1.80. The lowest BCUT2D eigenvalue weighted by Crippen LogP contribution is -1.93. The Morgan fingerprint density at radius 1 is 1.13 bits per heavy atom.